The van der Waals surface area contributed by atoms with Crippen molar-refractivity contribution >= 4 is 11.9 Å². The predicted octanol–water partition coefficient (Wildman–Crippen LogP) is 3.55. The van der Waals surface area contributed by atoms with E-state index >= 15 is 0 Å². The van der Waals surface area contributed by atoms with Gasteiger partial charge in [0.15, 0.2) is 0 Å². The van der Waals surface area contributed by atoms with Crippen molar-refractivity contribution < 1.29 is 14.7 Å². The maximum atomic E-state index is 13.0. The summed E-state index contributed by atoms with van der Waals surface area (Å²) >= 11 is 0. The average Bonchev–Trinajstić information content (AvgIpc) is 2.95. The second-order valence-electron chi connectivity index (χ2n) is 7.66. The number of rotatable bonds is 5. The Bertz CT molecular complexity index is 829. The lowest BCUT2D eigenvalue weighted by Gasteiger charge is -2.26. The minimum atomic E-state index is -1.28. The molecule has 0 spiro atoms. The second kappa shape index (κ2) is 6.94. The van der Waals surface area contributed by atoms with Crippen molar-refractivity contribution in [1.82, 2.24) is 5.32 Å². The van der Waals surface area contributed by atoms with Gasteiger partial charge in [-0.25, -0.2) is 4.79 Å². The maximum absolute atomic E-state index is 13.0. The minimum Gasteiger partial charge on any atom is -0.479 e. The first-order chi connectivity index (χ1) is 12.3. The van der Waals surface area contributed by atoms with Crippen LogP contribution >= 0.6 is 0 Å². The Kier molecular flexibility index (Phi) is 4.86. The molecule has 26 heavy (non-hydrogen) atoms. The van der Waals surface area contributed by atoms with Crippen molar-refractivity contribution in [3.63, 3.8) is 0 Å². The first-order valence-corrected chi connectivity index (χ1v) is 9.03. The molecule has 0 aliphatic heterocycles. The summed E-state index contributed by atoms with van der Waals surface area (Å²) in [5.74, 6) is -0.883. The van der Waals surface area contributed by atoms with Gasteiger partial charge in [-0.1, -0.05) is 50.2 Å². The summed E-state index contributed by atoms with van der Waals surface area (Å²) in [6, 6.07) is 13.3. The lowest BCUT2D eigenvalue weighted by Crippen LogP contribution is -2.55. The second-order valence-corrected chi connectivity index (χ2v) is 7.66. The Hall–Kier alpha value is -2.62. The fourth-order valence-corrected chi connectivity index (χ4v) is 3.79. The van der Waals surface area contributed by atoms with Crippen LogP contribution in [0.1, 0.15) is 46.5 Å². The summed E-state index contributed by atoms with van der Waals surface area (Å²) in [6.45, 7) is 6.22. The molecule has 0 bridgehead atoms. The van der Waals surface area contributed by atoms with Crippen molar-refractivity contribution in [2.24, 2.45) is 5.92 Å². The number of aryl methyl sites for hydroxylation is 1. The lowest BCUT2D eigenvalue weighted by atomic mass is 9.91. The molecule has 0 atom stereocenters. The third-order valence-electron chi connectivity index (χ3n) is 5.13. The summed E-state index contributed by atoms with van der Waals surface area (Å²) in [5.41, 5.74) is 3.33. The highest BCUT2D eigenvalue weighted by molar-refractivity contribution is 5.99. The van der Waals surface area contributed by atoms with Gasteiger partial charge in [-0.15, -0.1) is 0 Å². The molecule has 4 nitrogen and oxygen atoms in total. The maximum Gasteiger partial charge on any atom is 0.330 e. The summed E-state index contributed by atoms with van der Waals surface area (Å²) < 4.78 is 0. The molecule has 1 aliphatic carbocycles. The normalized spacial score (nSPS) is 14.9. The first kappa shape index (κ1) is 18.2. The molecule has 0 saturated heterocycles. The van der Waals surface area contributed by atoms with Gasteiger partial charge in [-0.05, 0) is 47.6 Å². The van der Waals surface area contributed by atoms with Gasteiger partial charge in [0.1, 0.15) is 5.54 Å². The molecule has 3 rings (SSSR count). The Morgan fingerprint density at radius 2 is 1.69 bits per heavy atom. The van der Waals surface area contributed by atoms with Crippen LogP contribution in [0.25, 0.3) is 0 Å². The Balaban J connectivity index is 1.92. The summed E-state index contributed by atoms with van der Waals surface area (Å²) in [4.78, 5) is 25.1. The van der Waals surface area contributed by atoms with Gasteiger partial charge in [0.05, 0.1) is 0 Å². The van der Waals surface area contributed by atoms with E-state index in [1.165, 1.54) is 0 Å². The number of carbonyl (C=O) groups is 2. The van der Waals surface area contributed by atoms with Gasteiger partial charge in [0, 0.05) is 18.4 Å². The predicted molar refractivity (Wildman–Crippen MR) is 101 cm³/mol. The zero-order valence-electron chi connectivity index (χ0n) is 15.5. The minimum absolute atomic E-state index is 0.306. The van der Waals surface area contributed by atoms with Gasteiger partial charge < -0.3 is 10.4 Å². The highest BCUT2D eigenvalue weighted by Gasteiger charge is 2.45. The molecule has 0 aromatic heterocycles. The summed E-state index contributed by atoms with van der Waals surface area (Å²) in [7, 11) is 0. The van der Waals surface area contributed by atoms with E-state index < -0.39 is 11.5 Å². The van der Waals surface area contributed by atoms with Crippen LogP contribution in [0.15, 0.2) is 42.5 Å². The molecular formula is C22H25NO3. The highest BCUT2D eigenvalue weighted by Crippen LogP contribution is 2.31. The van der Waals surface area contributed by atoms with Gasteiger partial charge in [-0.3, -0.25) is 4.79 Å². The third kappa shape index (κ3) is 3.36. The topological polar surface area (TPSA) is 66.4 Å². The van der Waals surface area contributed by atoms with Crippen molar-refractivity contribution in [3.05, 3.63) is 70.3 Å². The smallest absolute Gasteiger partial charge is 0.330 e. The lowest BCUT2D eigenvalue weighted by molar-refractivity contribution is -0.144. The molecule has 2 aromatic carbocycles. The molecule has 4 heteroatoms. The van der Waals surface area contributed by atoms with Crippen LogP contribution in [0, 0.1) is 12.8 Å². The Morgan fingerprint density at radius 1 is 1.08 bits per heavy atom. The zero-order valence-corrected chi connectivity index (χ0v) is 15.5. The van der Waals surface area contributed by atoms with E-state index in [-0.39, 0.29) is 5.91 Å². The van der Waals surface area contributed by atoms with Gasteiger partial charge in [-0.2, -0.15) is 0 Å². The standard InChI is InChI=1S/C22H25NO3/c1-14(2)11-19-15(3)7-6-10-18(19)20(24)23-22(21(25)26)12-16-8-4-5-9-17(16)13-22/h4-10,14H,11-13H2,1-3H3,(H,23,24)(H,25,26). The van der Waals surface area contributed by atoms with E-state index in [0.717, 1.165) is 28.7 Å². The molecule has 136 valence electrons. The van der Waals surface area contributed by atoms with Crippen LogP contribution in [0.3, 0.4) is 0 Å². The van der Waals surface area contributed by atoms with Crippen molar-refractivity contribution in [2.45, 2.75) is 45.6 Å². The molecule has 0 heterocycles. The first-order valence-electron chi connectivity index (χ1n) is 9.03. The highest BCUT2D eigenvalue weighted by atomic mass is 16.4. The largest absolute Gasteiger partial charge is 0.479 e. The fourth-order valence-electron chi connectivity index (χ4n) is 3.79. The summed E-state index contributed by atoms with van der Waals surface area (Å²) in [6.07, 6.45) is 1.42. The van der Waals surface area contributed by atoms with E-state index in [9.17, 15) is 14.7 Å². The number of carboxylic acid groups (broad SMARTS) is 1. The molecular weight excluding hydrogens is 326 g/mol. The average molecular weight is 351 g/mol. The molecule has 0 fully saturated rings. The van der Waals surface area contributed by atoms with Crippen molar-refractivity contribution in [3.8, 4) is 0 Å². The number of hydrogen-bond acceptors (Lipinski definition) is 2. The quantitative estimate of drug-likeness (QED) is 0.866. The SMILES string of the molecule is Cc1cccc(C(=O)NC2(C(=O)O)Cc3ccccc3C2)c1CC(C)C. The molecule has 0 unspecified atom stereocenters. The zero-order chi connectivity index (χ0) is 18.9. The van der Waals surface area contributed by atoms with Gasteiger partial charge in [0.25, 0.3) is 5.91 Å². The number of carbonyl (C=O) groups excluding carboxylic acids is 1. The molecule has 1 amide bonds. The van der Waals surface area contributed by atoms with Crippen LogP contribution in [0.5, 0.6) is 0 Å². The van der Waals surface area contributed by atoms with E-state index in [1.54, 1.807) is 6.07 Å². The van der Waals surface area contributed by atoms with Crippen LogP contribution < -0.4 is 5.32 Å². The summed E-state index contributed by atoms with van der Waals surface area (Å²) in [5, 5.41) is 12.7. The van der Waals surface area contributed by atoms with Crippen molar-refractivity contribution in [1.29, 1.82) is 0 Å². The molecule has 1 aliphatic rings. The van der Waals surface area contributed by atoms with E-state index in [2.05, 4.69) is 19.2 Å². The van der Waals surface area contributed by atoms with Crippen LogP contribution in [0.2, 0.25) is 0 Å². The Morgan fingerprint density at radius 3 is 2.23 bits per heavy atom. The van der Waals surface area contributed by atoms with Crippen LogP contribution in [0.4, 0.5) is 0 Å². The fraction of sp³-hybridized carbons (Fsp3) is 0.364. The molecule has 0 radical (unpaired) electrons. The van der Waals surface area contributed by atoms with Crippen molar-refractivity contribution in [2.75, 3.05) is 0 Å². The third-order valence-corrected chi connectivity index (χ3v) is 5.13. The number of nitrogens with one attached hydrogen (secondary N) is 1. The number of carboxylic acids is 1. The van der Waals surface area contributed by atoms with E-state index in [4.69, 9.17) is 0 Å². The molecule has 2 N–H and O–H groups in total. The molecule has 2 aromatic rings. The molecule has 0 saturated carbocycles. The number of amides is 1. The number of aliphatic carboxylic acids is 1. The van der Waals surface area contributed by atoms with Gasteiger partial charge in [0.2, 0.25) is 0 Å². The van der Waals surface area contributed by atoms with E-state index in [0.29, 0.717) is 24.3 Å². The Labute approximate surface area is 154 Å². The monoisotopic (exact) mass is 351 g/mol. The number of hydrogen-bond donors (Lipinski definition) is 2. The number of fused-ring (bicyclic) bond motifs is 1. The van der Waals surface area contributed by atoms with Crippen LogP contribution in [-0.2, 0) is 24.1 Å². The number of benzene rings is 2. The van der Waals surface area contributed by atoms with Gasteiger partial charge >= 0.3 is 5.97 Å². The van der Waals surface area contributed by atoms with E-state index in [1.807, 2.05) is 43.3 Å². The van der Waals surface area contributed by atoms with Crippen LogP contribution in [-0.4, -0.2) is 22.5 Å².